The molecule has 0 N–H and O–H groups in total. The van der Waals surface area contributed by atoms with Gasteiger partial charge in [0.05, 0.1) is 0 Å². The zero-order valence-corrected chi connectivity index (χ0v) is 14.6. The lowest BCUT2D eigenvalue weighted by Gasteiger charge is -2.29. The van der Waals surface area contributed by atoms with Crippen molar-refractivity contribution < 1.29 is 14.1 Å². The summed E-state index contributed by atoms with van der Waals surface area (Å²) in [6, 6.07) is 8.17. The number of aryl methyl sites for hydroxylation is 1. The van der Waals surface area contributed by atoms with Crippen LogP contribution in [0.1, 0.15) is 38.5 Å². The minimum absolute atomic E-state index is 0.0915. The molecule has 2 aliphatic carbocycles. The molecular formula is C19H23N3O3. The summed E-state index contributed by atoms with van der Waals surface area (Å²) in [5.41, 5.74) is 0.859. The first-order valence-electron chi connectivity index (χ1n) is 8.96. The third kappa shape index (κ3) is 3.67. The monoisotopic (exact) mass is 341 g/mol. The zero-order valence-electron chi connectivity index (χ0n) is 14.6. The first-order valence-corrected chi connectivity index (χ1v) is 8.96. The van der Waals surface area contributed by atoms with Crippen LogP contribution in [0.4, 0.5) is 0 Å². The van der Waals surface area contributed by atoms with Gasteiger partial charge >= 0.3 is 0 Å². The van der Waals surface area contributed by atoms with Crippen LogP contribution in [0.15, 0.2) is 28.8 Å². The van der Waals surface area contributed by atoms with Gasteiger partial charge < -0.3 is 14.2 Å². The Labute approximate surface area is 147 Å². The van der Waals surface area contributed by atoms with E-state index in [0.717, 1.165) is 18.4 Å². The molecule has 2 aliphatic rings. The van der Waals surface area contributed by atoms with E-state index in [-0.39, 0.29) is 12.5 Å². The Morgan fingerprint density at radius 3 is 2.56 bits per heavy atom. The lowest BCUT2D eigenvalue weighted by molar-refractivity contribution is -0.136. The summed E-state index contributed by atoms with van der Waals surface area (Å²) >= 11 is 0. The number of ether oxygens (including phenoxy) is 1. The maximum absolute atomic E-state index is 12.6. The molecule has 0 bridgehead atoms. The Morgan fingerprint density at radius 2 is 2.00 bits per heavy atom. The number of benzene rings is 1. The van der Waals surface area contributed by atoms with E-state index in [1.54, 1.807) is 6.92 Å². The van der Waals surface area contributed by atoms with Crippen LogP contribution in [-0.4, -0.2) is 39.6 Å². The standard InChI is InChI=1S/C19H23N3O3/c1-12(14-3-4-14)22(16-7-8-16)18(23)11-24-17-9-5-15(6-10-17)19-20-13(2)25-21-19/h5-6,9-10,12,14,16H,3-4,7-8,11H2,1-2H3. The van der Waals surface area contributed by atoms with Crippen molar-refractivity contribution in [3.05, 3.63) is 30.2 Å². The molecule has 2 aromatic rings. The SMILES string of the molecule is Cc1nc(-c2ccc(OCC(=O)N(C3CC3)C(C)C3CC3)cc2)no1. The third-order valence-electron chi connectivity index (χ3n) is 4.97. The normalized spacial score (nSPS) is 18.0. The van der Waals surface area contributed by atoms with E-state index in [1.807, 2.05) is 24.3 Å². The van der Waals surface area contributed by atoms with E-state index in [1.165, 1.54) is 12.8 Å². The van der Waals surface area contributed by atoms with Gasteiger partial charge in [0, 0.05) is 24.6 Å². The lowest BCUT2D eigenvalue weighted by atomic mass is 10.1. The van der Waals surface area contributed by atoms with E-state index in [4.69, 9.17) is 9.26 Å². The summed E-state index contributed by atoms with van der Waals surface area (Å²) in [6.45, 7) is 4.03. The summed E-state index contributed by atoms with van der Waals surface area (Å²) in [5, 5.41) is 3.89. The molecule has 0 radical (unpaired) electrons. The minimum Gasteiger partial charge on any atom is -0.484 e. The second kappa shape index (κ2) is 6.50. The highest BCUT2D eigenvalue weighted by molar-refractivity contribution is 5.79. The Bertz CT molecular complexity index is 748. The smallest absolute Gasteiger partial charge is 0.261 e. The second-order valence-corrected chi connectivity index (χ2v) is 7.06. The zero-order chi connectivity index (χ0) is 17.4. The van der Waals surface area contributed by atoms with Gasteiger partial charge in [-0.2, -0.15) is 4.98 Å². The maximum atomic E-state index is 12.6. The number of hydrogen-bond acceptors (Lipinski definition) is 5. The van der Waals surface area contributed by atoms with Crippen molar-refractivity contribution >= 4 is 5.91 Å². The number of hydrogen-bond donors (Lipinski definition) is 0. The number of amides is 1. The van der Waals surface area contributed by atoms with Gasteiger partial charge in [-0.15, -0.1) is 0 Å². The molecule has 2 fully saturated rings. The van der Waals surface area contributed by atoms with E-state index in [0.29, 0.717) is 35.5 Å². The topological polar surface area (TPSA) is 68.5 Å². The fourth-order valence-electron chi connectivity index (χ4n) is 3.26. The molecular weight excluding hydrogens is 318 g/mol. The van der Waals surface area contributed by atoms with Crippen molar-refractivity contribution in [2.24, 2.45) is 5.92 Å². The number of rotatable bonds is 7. The van der Waals surface area contributed by atoms with Crippen molar-refractivity contribution in [3.8, 4) is 17.1 Å². The Balaban J connectivity index is 1.36. The fourth-order valence-corrected chi connectivity index (χ4v) is 3.26. The molecule has 132 valence electrons. The molecule has 1 unspecified atom stereocenters. The summed E-state index contributed by atoms with van der Waals surface area (Å²) in [7, 11) is 0. The lowest BCUT2D eigenvalue weighted by Crippen LogP contribution is -2.44. The van der Waals surface area contributed by atoms with E-state index in [2.05, 4.69) is 22.0 Å². The number of carbonyl (C=O) groups is 1. The second-order valence-electron chi connectivity index (χ2n) is 7.06. The van der Waals surface area contributed by atoms with Crippen molar-refractivity contribution in [1.29, 1.82) is 0 Å². The number of aromatic nitrogens is 2. The molecule has 0 spiro atoms. The largest absolute Gasteiger partial charge is 0.484 e. The Hall–Kier alpha value is -2.37. The highest BCUT2D eigenvalue weighted by Gasteiger charge is 2.41. The van der Waals surface area contributed by atoms with Crippen LogP contribution in [0.25, 0.3) is 11.4 Å². The predicted octanol–water partition coefficient (Wildman–Crippen LogP) is 3.21. The van der Waals surface area contributed by atoms with Crippen molar-refractivity contribution in [1.82, 2.24) is 15.0 Å². The average Bonchev–Trinajstić information content (AvgIpc) is 3.52. The first kappa shape index (κ1) is 16.1. The van der Waals surface area contributed by atoms with Crippen molar-refractivity contribution in [2.45, 2.75) is 51.6 Å². The van der Waals surface area contributed by atoms with Gasteiger partial charge in [0.2, 0.25) is 11.7 Å². The number of nitrogens with zero attached hydrogens (tertiary/aromatic N) is 3. The fraction of sp³-hybridized carbons (Fsp3) is 0.526. The summed E-state index contributed by atoms with van der Waals surface area (Å²) < 4.78 is 10.7. The van der Waals surface area contributed by atoms with Gasteiger partial charge in [-0.05, 0) is 62.8 Å². The molecule has 25 heavy (non-hydrogen) atoms. The van der Waals surface area contributed by atoms with Gasteiger partial charge in [-0.3, -0.25) is 4.79 Å². The van der Waals surface area contributed by atoms with Gasteiger partial charge in [0.15, 0.2) is 6.61 Å². The van der Waals surface area contributed by atoms with Crippen LogP contribution >= 0.6 is 0 Å². The van der Waals surface area contributed by atoms with Crippen LogP contribution in [0.2, 0.25) is 0 Å². The average molecular weight is 341 g/mol. The molecule has 2 saturated carbocycles. The highest BCUT2D eigenvalue weighted by atomic mass is 16.5. The van der Waals surface area contributed by atoms with Crippen LogP contribution < -0.4 is 4.74 Å². The van der Waals surface area contributed by atoms with Gasteiger partial charge in [0.1, 0.15) is 5.75 Å². The molecule has 0 saturated heterocycles. The maximum Gasteiger partial charge on any atom is 0.261 e. The predicted molar refractivity (Wildman–Crippen MR) is 92.0 cm³/mol. The van der Waals surface area contributed by atoms with Crippen LogP contribution in [0, 0.1) is 12.8 Å². The molecule has 1 atom stereocenters. The van der Waals surface area contributed by atoms with Gasteiger partial charge in [0.25, 0.3) is 5.91 Å². The minimum atomic E-state index is 0.0915. The summed E-state index contributed by atoms with van der Waals surface area (Å²) in [5.74, 6) is 2.54. The summed E-state index contributed by atoms with van der Waals surface area (Å²) in [4.78, 5) is 18.9. The summed E-state index contributed by atoms with van der Waals surface area (Å²) in [6.07, 6.45) is 4.74. The highest BCUT2D eigenvalue weighted by Crippen LogP contribution is 2.39. The molecule has 6 heteroatoms. The molecule has 4 rings (SSSR count). The Kier molecular flexibility index (Phi) is 4.19. The molecule has 1 heterocycles. The third-order valence-corrected chi connectivity index (χ3v) is 4.97. The first-order chi connectivity index (χ1) is 12.1. The van der Waals surface area contributed by atoms with E-state index < -0.39 is 0 Å². The quantitative estimate of drug-likeness (QED) is 0.773. The Morgan fingerprint density at radius 1 is 1.28 bits per heavy atom. The molecule has 1 amide bonds. The van der Waals surface area contributed by atoms with Gasteiger partial charge in [-0.25, -0.2) is 0 Å². The molecule has 1 aromatic carbocycles. The molecule has 1 aromatic heterocycles. The van der Waals surface area contributed by atoms with Crippen LogP contribution in [0.5, 0.6) is 5.75 Å². The van der Waals surface area contributed by atoms with Crippen LogP contribution in [0.3, 0.4) is 0 Å². The molecule has 0 aliphatic heterocycles. The van der Waals surface area contributed by atoms with Crippen molar-refractivity contribution in [3.63, 3.8) is 0 Å². The van der Waals surface area contributed by atoms with Gasteiger partial charge in [-0.1, -0.05) is 5.16 Å². The van der Waals surface area contributed by atoms with E-state index >= 15 is 0 Å². The molecule has 6 nitrogen and oxygen atoms in total. The van der Waals surface area contributed by atoms with E-state index in [9.17, 15) is 4.79 Å². The van der Waals surface area contributed by atoms with Crippen LogP contribution in [-0.2, 0) is 4.79 Å². The number of carbonyl (C=O) groups excluding carboxylic acids is 1. The van der Waals surface area contributed by atoms with Crippen molar-refractivity contribution in [2.75, 3.05) is 6.61 Å².